The third-order valence-electron chi connectivity index (χ3n) is 19.4. The zero-order valence-corrected chi connectivity index (χ0v) is 58.2. The van der Waals surface area contributed by atoms with E-state index in [-0.39, 0.29) is 0 Å². The number of rotatable bonds is 23. The first-order valence-corrected chi connectivity index (χ1v) is 34.0. The molecule has 8 heterocycles. The molecule has 4 saturated heterocycles. The number of hydrogen-bond acceptors (Lipinski definition) is 20. The summed E-state index contributed by atoms with van der Waals surface area (Å²) < 4.78 is 44.1. The van der Waals surface area contributed by atoms with Crippen molar-refractivity contribution < 1.29 is 41.8 Å². The van der Waals surface area contributed by atoms with Crippen LogP contribution < -0.4 is 24.3 Å². The van der Waals surface area contributed by atoms with Crippen LogP contribution in [0.5, 0.6) is 23.0 Å². The number of carbonyl (C=O) groups excluding carboxylic acids is 1. The van der Waals surface area contributed by atoms with Gasteiger partial charge in [0.05, 0.1) is 56.8 Å². The van der Waals surface area contributed by atoms with Gasteiger partial charge in [0.2, 0.25) is 0 Å². The normalized spacial score (nSPS) is 16.9. The molecule has 0 saturated carbocycles. The van der Waals surface area contributed by atoms with Gasteiger partial charge in [-0.25, -0.2) is 0 Å². The highest BCUT2D eigenvalue weighted by molar-refractivity contribution is 5.96. The van der Waals surface area contributed by atoms with Crippen molar-refractivity contribution in [3.05, 3.63) is 93.6 Å². The number of piperidine rings is 4. The van der Waals surface area contributed by atoms with Crippen molar-refractivity contribution in [2.24, 2.45) is 23.7 Å². The average Bonchev–Trinajstić information content (AvgIpc) is 1.72. The maximum atomic E-state index is 11.2. The fourth-order valence-electron chi connectivity index (χ4n) is 13.7. The van der Waals surface area contributed by atoms with Crippen molar-refractivity contribution >= 4 is 50.2 Å². The second-order valence-electron chi connectivity index (χ2n) is 27.5. The Labute approximate surface area is 551 Å². The Morgan fingerprint density at radius 3 is 0.968 bits per heavy atom. The number of nitrogens with zero attached hydrogens (tertiary/aromatic N) is 10. The molecule has 4 aromatic heterocycles. The van der Waals surface area contributed by atoms with E-state index in [1.165, 1.54) is 110 Å². The minimum Gasteiger partial charge on any atom is -0.497 e. The first-order chi connectivity index (χ1) is 45.0. The highest BCUT2D eigenvalue weighted by Crippen LogP contribution is 2.36. The van der Waals surface area contributed by atoms with Crippen LogP contribution in [0.1, 0.15) is 127 Å². The molecule has 4 aromatic carbocycles. The van der Waals surface area contributed by atoms with E-state index in [2.05, 4.69) is 137 Å². The molecule has 20 nitrogen and oxygen atoms in total. The topological polar surface area (TPSA) is 190 Å². The molecule has 0 amide bonds. The minimum atomic E-state index is 0.493. The molecule has 0 atom stereocenters. The maximum Gasteiger partial charge on any atom is 0.177 e. The van der Waals surface area contributed by atoms with Crippen molar-refractivity contribution in [2.45, 2.75) is 122 Å². The molecule has 8 aromatic rings. The van der Waals surface area contributed by atoms with Gasteiger partial charge in [-0.2, -0.15) is 0 Å². The van der Waals surface area contributed by atoms with Crippen LogP contribution in [0.25, 0.3) is 43.9 Å². The van der Waals surface area contributed by atoms with Gasteiger partial charge < -0.3 is 71.8 Å². The molecular formula is C73H107N11O9. The number of carbonyl (C=O) groups is 1. The van der Waals surface area contributed by atoms with Gasteiger partial charge in [-0.1, -0.05) is 20.6 Å². The van der Waals surface area contributed by atoms with Crippen molar-refractivity contribution in [1.82, 2.24) is 55.3 Å². The SMILES string of the molecule is COc1cc(C=O)c2onc(CCC3CCN(C)CC3)c2c1.COc1cc(CN(C)C)c2onc(CCC3CCN(C)CC3)c2c1.COc1cc(CN(C)C)c2onc(CCC3CCN(C)CC3)c2c1.COc1cc(CN(C)C)c2onc(CCC3CCNCC3)c2c1. The lowest BCUT2D eigenvalue weighted by molar-refractivity contribution is 0.112. The minimum absolute atomic E-state index is 0.493. The monoisotopic (exact) mass is 1280 g/mol. The van der Waals surface area contributed by atoms with Gasteiger partial charge in [-0.3, -0.25) is 4.79 Å². The zero-order valence-electron chi connectivity index (χ0n) is 58.2. The first-order valence-electron chi connectivity index (χ1n) is 34.0. The first kappa shape index (κ1) is 70.7. The lowest BCUT2D eigenvalue weighted by Gasteiger charge is -2.28. The molecule has 93 heavy (non-hydrogen) atoms. The van der Waals surface area contributed by atoms with Gasteiger partial charge in [0, 0.05) is 57.9 Å². The van der Waals surface area contributed by atoms with E-state index in [1.54, 1.807) is 34.5 Å². The van der Waals surface area contributed by atoms with Crippen molar-refractivity contribution in [3.63, 3.8) is 0 Å². The Hall–Kier alpha value is -6.65. The van der Waals surface area contributed by atoms with Gasteiger partial charge in [0.15, 0.2) is 28.6 Å². The fourth-order valence-corrected chi connectivity index (χ4v) is 13.7. The Morgan fingerprint density at radius 1 is 0.419 bits per heavy atom. The molecule has 1 N–H and O–H groups in total. The fraction of sp³-hybridized carbons (Fsp3) is 0.603. The van der Waals surface area contributed by atoms with E-state index in [4.69, 9.17) is 37.0 Å². The lowest BCUT2D eigenvalue weighted by atomic mass is 9.91. The van der Waals surface area contributed by atoms with Crippen LogP contribution in [0.3, 0.4) is 0 Å². The Bertz CT molecular complexity index is 3460. The van der Waals surface area contributed by atoms with Crippen LogP contribution in [0.15, 0.2) is 66.6 Å². The number of benzene rings is 4. The summed E-state index contributed by atoms with van der Waals surface area (Å²) in [6, 6.07) is 15.9. The number of methoxy groups -OCH3 is 4. The molecule has 0 spiro atoms. The van der Waals surface area contributed by atoms with E-state index < -0.39 is 0 Å². The third kappa shape index (κ3) is 19.7. The molecule has 4 fully saturated rings. The van der Waals surface area contributed by atoms with E-state index >= 15 is 0 Å². The summed E-state index contributed by atoms with van der Waals surface area (Å²) in [5.74, 6) is 6.46. The predicted octanol–water partition coefficient (Wildman–Crippen LogP) is 12.1. The summed E-state index contributed by atoms with van der Waals surface area (Å²) >= 11 is 0. The summed E-state index contributed by atoms with van der Waals surface area (Å²) in [5.41, 5.74) is 11.3. The largest absolute Gasteiger partial charge is 0.497 e. The summed E-state index contributed by atoms with van der Waals surface area (Å²) in [6.07, 6.45) is 19.5. The molecule has 508 valence electrons. The molecule has 0 aliphatic carbocycles. The van der Waals surface area contributed by atoms with E-state index in [1.807, 2.05) is 24.3 Å². The lowest BCUT2D eigenvalue weighted by Crippen LogP contribution is -2.30. The van der Waals surface area contributed by atoms with Crippen molar-refractivity contribution in [2.75, 3.05) is 144 Å². The zero-order chi connectivity index (χ0) is 66.0. The molecule has 20 heteroatoms. The second-order valence-corrected chi connectivity index (χ2v) is 27.5. The molecule has 12 rings (SSSR count). The number of likely N-dealkylation sites (tertiary alicyclic amines) is 3. The Kier molecular flexibility index (Phi) is 26.3. The van der Waals surface area contributed by atoms with Crippen LogP contribution >= 0.6 is 0 Å². The number of nitrogens with one attached hydrogen (secondary N) is 1. The summed E-state index contributed by atoms with van der Waals surface area (Å²) in [5, 5.41) is 24.9. The van der Waals surface area contributed by atoms with Gasteiger partial charge >= 0.3 is 0 Å². The van der Waals surface area contributed by atoms with Crippen LogP contribution in [0.4, 0.5) is 0 Å². The molecule has 0 radical (unpaired) electrons. The standard InChI is InChI=1S/2C19H29N3O2.C18H27N3O2.C17H22N2O3/c2*1-21(2)13-15-11-16(23-4)12-17-18(20-24-19(15)17)6-5-14-7-9-22(3)10-8-14;1-21(2)12-14-10-15(22-3)11-16-17(20-23-18(14)16)5-4-13-6-8-19-9-7-13;1-19-7-5-12(6-8-19)3-4-16-15-10-14(21-2)9-13(11-20)17(15)22-18-16/h2*11-12,14H,5-10,13H2,1-4H3;10-11,13,19H,4-9,12H2,1-3H3;9-12H,3-8H2,1-2H3. The number of aromatic nitrogens is 4. The maximum absolute atomic E-state index is 11.2. The highest BCUT2D eigenvalue weighted by atomic mass is 16.5. The summed E-state index contributed by atoms with van der Waals surface area (Å²) in [7, 11) is 25.7. The third-order valence-corrected chi connectivity index (χ3v) is 19.4. The van der Waals surface area contributed by atoms with E-state index in [9.17, 15) is 4.79 Å². The van der Waals surface area contributed by atoms with Crippen LogP contribution in [-0.2, 0) is 45.3 Å². The van der Waals surface area contributed by atoms with Gasteiger partial charge in [0.25, 0.3) is 0 Å². The smallest absolute Gasteiger partial charge is 0.177 e. The molecule has 0 bridgehead atoms. The van der Waals surface area contributed by atoms with Crippen molar-refractivity contribution in [1.29, 1.82) is 0 Å². The van der Waals surface area contributed by atoms with Crippen molar-refractivity contribution in [3.8, 4) is 23.0 Å². The van der Waals surface area contributed by atoms with Gasteiger partial charge in [0.1, 0.15) is 23.0 Å². The van der Waals surface area contributed by atoms with Crippen LogP contribution in [0, 0.1) is 23.7 Å². The van der Waals surface area contributed by atoms with E-state index in [0.29, 0.717) is 16.9 Å². The second kappa shape index (κ2) is 34.7. The Balaban J connectivity index is 0.000000146. The number of aryl methyl sites for hydroxylation is 4. The predicted molar refractivity (Wildman–Crippen MR) is 369 cm³/mol. The molecule has 4 aliphatic rings. The Morgan fingerprint density at radius 2 is 0.688 bits per heavy atom. The number of fused-ring (bicyclic) bond motifs is 4. The van der Waals surface area contributed by atoms with Crippen LogP contribution in [-0.4, -0.2) is 201 Å². The van der Waals surface area contributed by atoms with Gasteiger partial charge in [-0.05, 0) is 291 Å². The molecule has 4 aliphatic heterocycles. The van der Waals surface area contributed by atoms with E-state index in [0.717, 1.165) is 190 Å². The summed E-state index contributed by atoms with van der Waals surface area (Å²) in [6.45, 7) is 11.9. The highest BCUT2D eigenvalue weighted by Gasteiger charge is 2.25. The number of aldehydes is 1. The number of ether oxygens (including phenoxy) is 4. The number of hydrogen-bond donors (Lipinski definition) is 1. The average molecular weight is 1280 g/mol. The summed E-state index contributed by atoms with van der Waals surface area (Å²) in [4.78, 5) is 24.8. The molecular weight excluding hydrogens is 1170 g/mol. The van der Waals surface area contributed by atoms with Crippen LogP contribution in [0.2, 0.25) is 0 Å². The molecule has 0 unspecified atom stereocenters. The van der Waals surface area contributed by atoms with Gasteiger partial charge in [-0.15, -0.1) is 0 Å². The quantitative estimate of drug-likeness (QED) is 0.0595.